The van der Waals surface area contributed by atoms with Crippen LogP contribution in [0.25, 0.3) is 0 Å². The van der Waals surface area contributed by atoms with E-state index in [0.29, 0.717) is 41.6 Å². The molecule has 0 N–H and O–H groups in total. The lowest BCUT2D eigenvalue weighted by Gasteiger charge is -2.46. The quantitative estimate of drug-likeness (QED) is 0.0492. The molecule has 4 atom stereocenters. The SMILES string of the molecule is COc1ccc(CC2c3cc(OC)c(OC)cc3CC[N+]2(C)CCCOC(=O)CCC(=O)OCCC[N+]2(C)CCc3cc(C)c(C)cc3C2c2ccc(OC)c(OC)c2)cc1OC. The van der Waals surface area contributed by atoms with E-state index in [1.54, 1.807) is 42.7 Å². The van der Waals surface area contributed by atoms with Gasteiger partial charge in [-0.15, -0.1) is 0 Å². The number of likely N-dealkylation sites (N-methyl/N-ethyl adjacent to an activating group) is 2. The van der Waals surface area contributed by atoms with Gasteiger partial charge in [0.05, 0.1) is 109 Å². The summed E-state index contributed by atoms with van der Waals surface area (Å²) in [7, 11) is 14.5. The van der Waals surface area contributed by atoms with Crippen molar-refractivity contribution in [3.05, 3.63) is 105 Å². The molecular formula is C51H68N2O10+2. The van der Waals surface area contributed by atoms with Crippen molar-refractivity contribution in [2.24, 2.45) is 0 Å². The molecule has 63 heavy (non-hydrogen) atoms. The van der Waals surface area contributed by atoms with Gasteiger partial charge in [0.2, 0.25) is 0 Å². The molecule has 12 heteroatoms. The van der Waals surface area contributed by atoms with Crippen LogP contribution < -0.4 is 28.4 Å². The highest BCUT2D eigenvalue weighted by molar-refractivity contribution is 5.77. The highest BCUT2D eigenvalue weighted by Gasteiger charge is 2.42. The summed E-state index contributed by atoms with van der Waals surface area (Å²) >= 11 is 0. The second kappa shape index (κ2) is 20.8. The topological polar surface area (TPSA) is 108 Å². The van der Waals surface area contributed by atoms with Crippen LogP contribution in [-0.2, 0) is 38.3 Å². The number of esters is 2. The Morgan fingerprint density at radius 3 is 1.65 bits per heavy atom. The van der Waals surface area contributed by atoms with E-state index in [1.807, 2.05) is 18.2 Å². The van der Waals surface area contributed by atoms with Crippen molar-refractivity contribution < 1.29 is 56.5 Å². The molecule has 12 nitrogen and oxygen atoms in total. The Kier molecular flexibility index (Phi) is 15.5. The first kappa shape index (κ1) is 47.0. The minimum atomic E-state index is -0.398. The van der Waals surface area contributed by atoms with Crippen molar-refractivity contribution in [1.29, 1.82) is 0 Å². The van der Waals surface area contributed by atoms with E-state index in [1.165, 1.54) is 33.4 Å². The maximum atomic E-state index is 12.9. The number of hydrogen-bond donors (Lipinski definition) is 0. The maximum Gasteiger partial charge on any atom is 0.306 e. The number of quaternary nitrogens is 2. The Morgan fingerprint density at radius 2 is 1.05 bits per heavy atom. The van der Waals surface area contributed by atoms with E-state index in [-0.39, 0.29) is 38.1 Å². The standard InChI is InChI=1S/C51H68N2O10/c1-34-27-37-20-24-53(4,51(41(37)28-35(34)2)39-14-16-44(57-6)46(32-39)59-8)22-12-26-63-50(55)18-17-49(54)62-25-11-21-52(3)23-19-38-31-47(60-9)48(61-10)33-40(38)42(52)29-36-13-15-43(56-5)45(30-36)58-7/h13-16,27-28,30-33,42,51H,11-12,17-26,29H2,1-10H3/q+2. The Bertz CT molecular complexity index is 2240. The maximum absolute atomic E-state index is 12.9. The van der Waals surface area contributed by atoms with Gasteiger partial charge in [-0.3, -0.25) is 9.59 Å². The number of hydrogen-bond acceptors (Lipinski definition) is 10. The van der Waals surface area contributed by atoms with Gasteiger partial charge in [-0.2, -0.15) is 0 Å². The zero-order valence-corrected chi connectivity index (χ0v) is 39.1. The minimum absolute atomic E-state index is 0.0194. The molecule has 0 amide bonds. The van der Waals surface area contributed by atoms with Crippen LogP contribution in [0.3, 0.4) is 0 Å². The largest absolute Gasteiger partial charge is 0.493 e. The molecule has 4 unspecified atom stereocenters. The van der Waals surface area contributed by atoms with Crippen LogP contribution in [0.15, 0.2) is 60.7 Å². The fraction of sp³-hybridized carbons (Fsp3) is 0.490. The lowest BCUT2D eigenvalue weighted by Crippen LogP contribution is -2.52. The van der Waals surface area contributed by atoms with Crippen molar-refractivity contribution in [2.45, 2.75) is 70.9 Å². The van der Waals surface area contributed by atoms with Crippen LogP contribution in [0.5, 0.6) is 34.5 Å². The summed E-state index contributed by atoms with van der Waals surface area (Å²) < 4.78 is 46.7. The molecule has 0 radical (unpaired) electrons. The highest BCUT2D eigenvalue weighted by atomic mass is 16.5. The summed E-state index contributed by atoms with van der Waals surface area (Å²) in [6, 6.07) is 21.3. The average molecular weight is 869 g/mol. The molecule has 0 spiro atoms. The molecule has 340 valence electrons. The molecule has 2 aliphatic rings. The van der Waals surface area contributed by atoms with Crippen LogP contribution in [0.1, 0.15) is 82.3 Å². The number of rotatable bonds is 20. The number of carbonyl (C=O) groups is 2. The predicted octanol–water partition coefficient (Wildman–Crippen LogP) is 8.08. The third-order valence-corrected chi connectivity index (χ3v) is 13.5. The first-order chi connectivity index (χ1) is 30.3. The van der Waals surface area contributed by atoms with Crippen LogP contribution in [0.2, 0.25) is 0 Å². The third-order valence-electron chi connectivity index (χ3n) is 13.5. The lowest BCUT2D eigenvalue weighted by molar-refractivity contribution is -0.941. The van der Waals surface area contributed by atoms with Gasteiger partial charge in [-0.05, 0) is 90.2 Å². The van der Waals surface area contributed by atoms with Crippen molar-refractivity contribution in [1.82, 2.24) is 0 Å². The lowest BCUT2D eigenvalue weighted by atomic mass is 9.84. The molecule has 2 aliphatic heterocycles. The third kappa shape index (κ3) is 10.7. The monoisotopic (exact) mass is 868 g/mol. The smallest absolute Gasteiger partial charge is 0.306 e. The minimum Gasteiger partial charge on any atom is -0.493 e. The summed E-state index contributed by atoms with van der Waals surface area (Å²) in [5.74, 6) is 3.40. The van der Waals surface area contributed by atoms with Gasteiger partial charge in [-0.25, -0.2) is 0 Å². The predicted molar refractivity (Wildman–Crippen MR) is 242 cm³/mol. The zero-order chi connectivity index (χ0) is 45.3. The number of benzene rings is 4. The van der Waals surface area contributed by atoms with Crippen LogP contribution >= 0.6 is 0 Å². The Morgan fingerprint density at radius 1 is 0.556 bits per heavy atom. The molecular weight excluding hydrogens is 801 g/mol. The van der Waals surface area contributed by atoms with E-state index in [0.717, 1.165) is 71.3 Å². The van der Waals surface area contributed by atoms with Gasteiger partial charge in [0.25, 0.3) is 0 Å². The van der Waals surface area contributed by atoms with Gasteiger partial charge in [0.15, 0.2) is 34.5 Å². The van der Waals surface area contributed by atoms with E-state index >= 15 is 0 Å². The van der Waals surface area contributed by atoms with Crippen molar-refractivity contribution in [2.75, 3.05) is 96.1 Å². The van der Waals surface area contributed by atoms with Crippen LogP contribution in [-0.4, -0.2) is 117 Å². The second-order valence-electron chi connectivity index (χ2n) is 17.5. The van der Waals surface area contributed by atoms with Gasteiger partial charge < -0.3 is 46.9 Å². The summed E-state index contributed by atoms with van der Waals surface area (Å²) in [5, 5.41) is 0. The van der Waals surface area contributed by atoms with Gasteiger partial charge >= 0.3 is 11.9 Å². The number of nitrogens with zero attached hydrogens (tertiary/aromatic N) is 2. The van der Waals surface area contributed by atoms with Gasteiger partial charge in [0, 0.05) is 48.8 Å². The molecule has 2 heterocycles. The Balaban J connectivity index is 1.01. The van der Waals surface area contributed by atoms with E-state index in [9.17, 15) is 9.59 Å². The van der Waals surface area contributed by atoms with E-state index in [4.69, 9.17) is 37.9 Å². The normalized spacial score (nSPS) is 20.2. The van der Waals surface area contributed by atoms with E-state index < -0.39 is 11.9 Å². The van der Waals surface area contributed by atoms with Crippen LogP contribution in [0, 0.1) is 13.8 Å². The molecule has 0 aromatic heterocycles. The van der Waals surface area contributed by atoms with Crippen molar-refractivity contribution in [3.8, 4) is 34.5 Å². The molecule has 0 fully saturated rings. The Hall–Kier alpha value is -5.46. The van der Waals surface area contributed by atoms with Crippen LogP contribution in [0.4, 0.5) is 0 Å². The zero-order valence-electron chi connectivity index (χ0n) is 39.1. The van der Waals surface area contributed by atoms with Gasteiger partial charge in [-0.1, -0.05) is 12.1 Å². The molecule has 4 aromatic rings. The average Bonchev–Trinajstić information content (AvgIpc) is 3.29. The molecule has 0 saturated carbocycles. The molecule has 6 rings (SSSR count). The first-order valence-electron chi connectivity index (χ1n) is 22.1. The number of carbonyl (C=O) groups excluding carboxylic acids is 2. The molecule has 0 saturated heterocycles. The summed E-state index contributed by atoms with van der Waals surface area (Å²) in [6.45, 7) is 8.33. The molecule has 0 bridgehead atoms. The number of methoxy groups -OCH3 is 6. The highest BCUT2D eigenvalue weighted by Crippen LogP contribution is 2.45. The summed E-state index contributed by atoms with van der Waals surface area (Å²) in [5.41, 5.74) is 9.99. The number of ether oxygens (including phenoxy) is 8. The molecule has 0 aliphatic carbocycles. The number of fused-ring (bicyclic) bond motifs is 2. The second-order valence-corrected chi connectivity index (χ2v) is 17.5. The fourth-order valence-electron chi connectivity index (χ4n) is 9.75. The molecule has 4 aromatic carbocycles. The van der Waals surface area contributed by atoms with Gasteiger partial charge in [0.1, 0.15) is 12.1 Å². The van der Waals surface area contributed by atoms with Crippen molar-refractivity contribution in [3.63, 3.8) is 0 Å². The summed E-state index contributed by atoms with van der Waals surface area (Å²) in [6.07, 6.45) is 3.91. The summed E-state index contributed by atoms with van der Waals surface area (Å²) in [4.78, 5) is 25.7. The number of aryl methyl sites for hydroxylation is 2. The fourth-order valence-corrected chi connectivity index (χ4v) is 9.75. The van der Waals surface area contributed by atoms with E-state index in [2.05, 4.69) is 70.4 Å². The Labute approximate surface area is 374 Å². The van der Waals surface area contributed by atoms with Crippen molar-refractivity contribution >= 4 is 11.9 Å². The first-order valence-corrected chi connectivity index (χ1v) is 22.1.